The van der Waals surface area contributed by atoms with Gasteiger partial charge < -0.3 is 10.2 Å². The zero-order chi connectivity index (χ0) is 19.3. The third kappa shape index (κ3) is 4.70. The molecule has 0 saturated carbocycles. The summed E-state index contributed by atoms with van der Waals surface area (Å²) in [6, 6.07) is 11.5. The van der Waals surface area contributed by atoms with Gasteiger partial charge in [0.1, 0.15) is 5.03 Å². The Morgan fingerprint density at radius 1 is 1.14 bits per heavy atom. The lowest BCUT2D eigenvalue weighted by Crippen LogP contribution is -2.48. The zero-order valence-electron chi connectivity index (χ0n) is 15.9. The second-order valence-electron chi connectivity index (χ2n) is 7.63. The summed E-state index contributed by atoms with van der Waals surface area (Å²) >= 11 is 7.69. The van der Waals surface area contributed by atoms with Gasteiger partial charge in [0.25, 0.3) is 5.91 Å². The Labute approximate surface area is 176 Å². The maximum atomic E-state index is 12.6. The van der Waals surface area contributed by atoms with Crippen LogP contribution in [0.15, 0.2) is 47.6 Å². The van der Waals surface area contributed by atoms with Crippen molar-refractivity contribution in [3.63, 3.8) is 0 Å². The van der Waals surface area contributed by atoms with Gasteiger partial charge in [-0.3, -0.25) is 4.79 Å². The first-order valence-electron chi connectivity index (χ1n) is 10.1. The average molecular weight is 416 g/mol. The molecular formula is C22H26ClN3OS. The molecule has 2 saturated heterocycles. The normalized spacial score (nSPS) is 22.5. The van der Waals surface area contributed by atoms with E-state index >= 15 is 0 Å². The van der Waals surface area contributed by atoms with E-state index in [9.17, 15) is 4.79 Å². The molecule has 1 aromatic heterocycles. The van der Waals surface area contributed by atoms with Crippen molar-refractivity contribution < 1.29 is 4.79 Å². The van der Waals surface area contributed by atoms with Crippen LogP contribution < -0.4 is 5.32 Å². The number of halogens is 1. The smallest absolute Gasteiger partial charge is 0.255 e. The molecule has 2 unspecified atom stereocenters. The van der Waals surface area contributed by atoms with Gasteiger partial charge in [0, 0.05) is 28.6 Å². The number of rotatable bonds is 5. The number of nitrogens with one attached hydrogen (secondary N) is 1. The van der Waals surface area contributed by atoms with Crippen LogP contribution in [-0.4, -0.2) is 40.7 Å². The summed E-state index contributed by atoms with van der Waals surface area (Å²) in [5.74, 6) is 1.63. The van der Waals surface area contributed by atoms with Crippen LogP contribution in [0.4, 0.5) is 5.69 Å². The Balaban J connectivity index is 1.41. The number of piperidine rings is 2. The van der Waals surface area contributed by atoms with Crippen molar-refractivity contribution in [1.82, 2.24) is 9.88 Å². The molecule has 28 heavy (non-hydrogen) atoms. The molecule has 2 aromatic rings. The SMILES string of the molecule is O=C(Nc1cccnc1SCC1CCCN2CCCCC12)c1ccc(Cl)cc1. The number of hydrogen-bond acceptors (Lipinski definition) is 4. The number of pyridine rings is 1. The Bertz CT molecular complexity index is 812. The summed E-state index contributed by atoms with van der Waals surface area (Å²) in [6.07, 6.45) is 8.42. The quantitative estimate of drug-likeness (QED) is 0.669. The van der Waals surface area contributed by atoms with Crippen LogP contribution >= 0.6 is 23.4 Å². The molecule has 4 rings (SSSR count). The number of carbonyl (C=O) groups excluding carboxylic acids is 1. The Morgan fingerprint density at radius 2 is 1.96 bits per heavy atom. The van der Waals surface area contributed by atoms with Gasteiger partial charge in [0.2, 0.25) is 0 Å². The van der Waals surface area contributed by atoms with Gasteiger partial charge in [-0.15, -0.1) is 11.8 Å². The van der Waals surface area contributed by atoms with Gasteiger partial charge in [0.15, 0.2) is 0 Å². The van der Waals surface area contributed by atoms with Gasteiger partial charge in [-0.2, -0.15) is 0 Å². The van der Waals surface area contributed by atoms with Crippen molar-refractivity contribution in [3.05, 3.63) is 53.2 Å². The van der Waals surface area contributed by atoms with E-state index in [-0.39, 0.29) is 5.91 Å². The maximum Gasteiger partial charge on any atom is 0.255 e. The summed E-state index contributed by atoms with van der Waals surface area (Å²) in [5, 5.41) is 4.54. The van der Waals surface area contributed by atoms with Crippen LogP contribution in [0.3, 0.4) is 0 Å². The van der Waals surface area contributed by atoms with E-state index < -0.39 is 0 Å². The Hall–Kier alpha value is -1.56. The molecule has 1 N–H and O–H groups in total. The molecule has 2 aliphatic heterocycles. The molecule has 2 atom stereocenters. The van der Waals surface area contributed by atoms with Crippen LogP contribution in [0.2, 0.25) is 5.02 Å². The van der Waals surface area contributed by atoms with Crippen molar-refractivity contribution in [3.8, 4) is 0 Å². The summed E-state index contributed by atoms with van der Waals surface area (Å²) in [6.45, 7) is 2.52. The van der Waals surface area contributed by atoms with E-state index in [0.29, 0.717) is 16.5 Å². The van der Waals surface area contributed by atoms with E-state index in [1.807, 2.05) is 12.1 Å². The molecule has 3 heterocycles. The fourth-order valence-corrected chi connectivity index (χ4v) is 5.65. The number of thioether (sulfide) groups is 1. The van der Waals surface area contributed by atoms with Gasteiger partial charge in [0.05, 0.1) is 5.69 Å². The number of fused-ring (bicyclic) bond motifs is 1. The fraction of sp³-hybridized carbons (Fsp3) is 0.455. The number of carbonyl (C=O) groups is 1. The molecule has 2 fully saturated rings. The average Bonchev–Trinajstić information content (AvgIpc) is 2.73. The number of benzene rings is 1. The van der Waals surface area contributed by atoms with E-state index in [1.54, 1.807) is 42.2 Å². The topological polar surface area (TPSA) is 45.2 Å². The van der Waals surface area contributed by atoms with Crippen LogP contribution in [0, 0.1) is 5.92 Å². The van der Waals surface area contributed by atoms with Gasteiger partial charge in [-0.25, -0.2) is 4.98 Å². The summed E-state index contributed by atoms with van der Waals surface area (Å²) in [4.78, 5) is 19.8. The Morgan fingerprint density at radius 3 is 2.82 bits per heavy atom. The van der Waals surface area contributed by atoms with E-state index in [0.717, 1.165) is 22.5 Å². The number of amides is 1. The predicted octanol–water partition coefficient (Wildman–Crippen LogP) is 5.34. The lowest BCUT2D eigenvalue weighted by molar-refractivity contribution is 0.0693. The lowest BCUT2D eigenvalue weighted by Gasteiger charge is -2.44. The van der Waals surface area contributed by atoms with Crippen LogP contribution in [0.25, 0.3) is 0 Å². The van der Waals surface area contributed by atoms with Crippen LogP contribution in [0.5, 0.6) is 0 Å². The molecule has 1 aromatic carbocycles. The van der Waals surface area contributed by atoms with E-state index in [2.05, 4.69) is 15.2 Å². The van der Waals surface area contributed by atoms with E-state index in [1.165, 1.54) is 45.2 Å². The lowest BCUT2D eigenvalue weighted by atomic mass is 9.85. The first-order chi connectivity index (χ1) is 13.7. The maximum absolute atomic E-state index is 12.6. The number of hydrogen-bond donors (Lipinski definition) is 1. The highest BCUT2D eigenvalue weighted by Gasteiger charge is 2.33. The highest BCUT2D eigenvalue weighted by Crippen LogP contribution is 2.35. The monoisotopic (exact) mass is 415 g/mol. The highest BCUT2D eigenvalue weighted by atomic mass is 35.5. The third-order valence-corrected chi connectivity index (χ3v) is 7.23. The molecule has 148 valence electrons. The molecule has 0 radical (unpaired) electrons. The standard InChI is InChI=1S/C22H26ClN3OS/c23-18-10-8-16(9-11-18)21(27)25-19-6-3-12-24-22(19)28-15-17-5-4-14-26-13-2-1-7-20(17)26/h3,6,8-12,17,20H,1-2,4-5,7,13-15H2,(H,25,27). The van der Waals surface area contributed by atoms with Crippen molar-refractivity contribution in [2.45, 2.75) is 43.2 Å². The number of aromatic nitrogens is 1. The summed E-state index contributed by atoms with van der Waals surface area (Å²) < 4.78 is 0. The molecule has 4 nitrogen and oxygen atoms in total. The van der Waals surface area contributed by atoms with Crippen molar-refractivity contribution in [1.29, 1.82) is 0 Å². The van der Waals surface area contributed by atoms with Crippen molar-refractivity contribution in [2.24, 2.45) is 5.92 Å². The van der Waals surface area contributed by atoms with Crippen LogP contribution in [-0.2, 0) is 0 Å². The highest BCUT2D eigenvalue weighted by molar-refractivity contribution is 7.99. The second-order valence-corrected chi connectivity index (χ2v) is 9.07. The van der Waals surface area contributed by atoms with Crippen molar-refractivity contribution >= 4 is 35.0 Å². The molecular weight excluding hydrogens is 390 g/mol. The largest absolute Gasteiger partial charge is 0.320 e. The van der Waals surface area contributed by atoms with Crippen LogP contribution in [0.1, 0.15) is 42.5 Å². The zero-order valence-corrected chi connectivity index (χ0v) is 17.5. The fourth-order valence-electron chi connectivity index (χ4n) is 4.35. The summed E-state index contributed by atoms with van der Waals surface area (Å²) in [7, 11) is 0. The molecule has 2 aliphatic rings. The third-order valence-electron chi connectivity index (χ3n) is 5.79. The molecule has 0 aliphatic carbocycles. The van der Waals surface area contributed by atoms with Crippen molar-refractivity contribution in [2.75, 3.05) is 24.2 Å². The molecule has 1 amide bonds. The van der Waals surface area contributed by atoms with E-state index in [4.69, 9.17) is 11.6 Å². The van der Waals surface area contributed by atoms with Gasteiger partial charge >= 0.3 is 0 Å². The predicted molar refractivity (Wildman–Crippen MR) is 116 cm³/mol. The number of nitrogens with zero attached hydrogens (tertiary/aromatic N) is 2. The first kappa shape index (κ1) is 19.7. The Kier molecular flexibility index (Phi) is 6.55. The molecule has 0 bridgehead atoms. The minimum absolute atomic E-state index is 0.136. The molecule has 6 heteroatoms. The molecule has 0 spiro atoms. The first-order valence-corrected chi connectivity index (χ1v) is 11.5. The van der Waals surface area contributed by atoms with Gasteiger partial charge in [-0.1, -0.05) is 18.0 Å². The minimum atomic E-state index is -0.136. The van der Waals surface area contributed by atoms with Gasteiger partial charge in [-0.05, 0) is 81.1 Å². The second kappa shape index (κ2) is 9.29. The number of anilines is 1. The minimum Gasteiger partial charge on any atom is -0.320 e. The summed E-state index contributed by atoms with van der Waals surface area (Å²) in [5.41, 5.74) is 1.37.